The second-order valence-electron chi connectivity index (χ2n) is 5.57. The van der Waals surface area contributed by atoms with E-state index >= 15 is 0 Å². The van der Waals surface area contributed by atoms with Crippen molar-refractivity contribution < 1.29 is 9.47 Å². The van der Waals surface area contributed by atoms with Crippen LogP contribution in [0.1, 0.15) is 48.0 Å². The lowest BCUT2D eigenvalue weighted by atomic mass is 9.77. The van der Waals surface area contributed by atoms with Gasteiger partial charge in [0.2, 0.25) is 0 Å². The first-order valence-corrected chi connectivity index (χ1v) is 5.60. The molecule has 0 aliphatic carbocycles. The summed E-state index contributed by atoms with van der Waals surface area (Å²) >= 11 is 0. The summed E-state index contributed by atoms with van der Waals surface area (Å²) in [7, 11) is 0. The molecule has 1 fully saturated rings. The third-order valence-corrected chi connectivity index (χ3v) is 3.30. The van der Waals surface area contributed by atoms with Crippen molar-refractivity contribution in [2.24, 2.45) is 11.3 Å². The smallest absolute Gasteiger partial charge is 0.163 e. The summed E-state index contributed by atoms with van der Waals surface area (Å²) in [6.07, 6.45) is 1.44. The Balaban J connectivity index is 2.75. The fraction of sp³-hybridized carbons (Fsp3) is 1.00. The highest BCUT2D eigenvalue weighted by Gasteiger charge is 2.41. The van der Waals surface area contributed by atoms with Gasteiger partial charge in [0.25, 0.3) is 0 Å². The van der Waals surface area contributed by atoms with E-state index in [4.69, 9.17) is 9.47 Å². The van der Waals surface area contributed by atoms with Gasteiger partial charge in [-0.15, -0.1) is 0 Å². The van der Waals surface area contributed by atoms with Gasteiger partial charge >= 0.3 is 0 Å². The average Bonchev–Trinajstić information content (AvgIpc) is 2.09. The Bertz CT molecular complexity index is 196. The van der Waals surface area contributed by atoms with Crippen molar-refractivity contribution in [1.82, 2.24) is 0 Å². The van der Waals surface area contributed by atoms with Crippen LogP contribution in [0.4, 0.5) is 0 Å². The van der Waals surface area contributed by atoms with Crippen LogP contribution in [0.15, 0.2) is 0 Å². The molecular formula is C12H24O2. The fourth-order valence-corrected chi connectivity index (χ4v) is 2.01. The van der Waals surface area contributed by atoms with Crippen LogP contribution >= 0.6 is 0 Å². The third-order valence-electron chi connectivity index (χ3n) is 3.30. The molecule has 0 bridgehead atoms. The molecular weight excluding hydrogens is 176 g/mol. The van der Waals surface area contributed by atoms with E-state index in [1.807, 2.05) is 13.8 Å². The number of rotatable bonds is 2. The van der Waals surface area contributed by atoms with Gasteiger partial charge in [0.1, 0.15) is 0 Å². The summed E-state index contributed by atoms with van der Waals surface area (Å²) in [6.45, 7) is 13.8. The Hall–Kier alpha value is -0.0800. The van der Waals surface area contributed by atoms with Gasteiger partial charge in [0.05, 0.1) is 12.7 Å². The minimum absolute atomic E-state index is 0.237. The lowest BCUT2D eigenvalue weighted by molar-refractivity contribution is -0.310. The van der Waals surface area contributed by atoms with E-state index < -0.39 is 5.79 Å². The molecule has 0 unspecified atom stereocenters. The van der Waals surface area contributed by atoms with Gasteiger partial charge in [-0.2, -0.15) is 0 Å². The lowest BCUT2D eigenvalue weighted by Gasteiger charge is -2.46. The van der Waals surface area contributed by atoms with Crippen LogP contribution in [0.2, 0.25) is 0 Å². The van der Waals surface area contributed by atoms with Crippen LogP contribution in [0.3, 0.4) is 0 Å². The quantitative estimate of drug-likeness (QED) is 0.681. The maximum atomic E-state index is 6.02. The Morgan fingerprint density at radius 1 is 1.36 bits per heavy atom. The minimum Gasteiger partial charge on any atom is -0.350 e. The van der Waals surface area contributed by atoms with Gasteiger partial charge < -0.3 is 9.47 Å². The van der Waals surface area contributed by atoms with E-state index in [0.717, 1.165) is 13.0 Å². The van der Waals surface area contributed by atoms with Crippen LogP contribution in [0.25, 0.3) is 0 Å². The Labute approximate surface area is 88.0 Å². The van der Waals surface area contributed by atoms with E-state index in [0.29, 0.717) is 12.0 Å². The maximum absolute atomic E-state index is 6.02. The SMILES string of the molecule is CCC(C)(C)[C@@H]1OC(C)(C)OC[C@@H]1C. The molecule has 1 aliphatic heterocycles. The fourth-order valence-electron chi connectivity index (χ4n) is 2.01. The summed E-state index contributed by atoms with van der Waals surface area (Å²) < 4.78 is 11.6. The van der Waals surface area contributed by atoms with E-state index in [1.54, 1.807) is 0 Å². The highest BCUT2D eigenvalue weighted by molar-refractivity contribution is 4.86. The van der Waals surface area contributed by atoms with Gasteiger partial charge in [0, 0.05) is 5.92 Å². The molecule has 0 saturated carbocycles. The van der Waals surface area contributed by atoms with Crippen molar-refractivity contribution in [3.63, 3.8) is 0 Å². The third kappa shape index (κ3) is 2.48. The summed E-state index contributed by atoms with van der Waals surface area (Å²) in [6, 6.07) is 0. The summed E-state index contributed by atoms with van der Waals surface area (Å²) in [5.74, 6) is 0.0712. The lowest BCUT2D eigenvalue weighted by Crippen LogP contribution is -2.50. The largest absolute Gasteiger partial charge is 0.350 e. The molecule has 1 heterocycles. The highest BCUT2D eigenvalue weighted by atomic mass is 16.7. The molecule has 2 heteroatoms. The van der Waals surface area contributed by atoms with Gasteiger partial charge in [-0.05, 0) is 25.7 Å². The van der Waals surface area contributed by atoms with Crippen LogP contribution in [-0.2, 0) is 9.47 Å². The standard InChI is InChI=1S/C12H24O2/c1-7-11(3,4)10-9(2)8-13-12(5,6)14-10/h9-10H,7-8H2,1-6H3/t9-,10+/m0/s1. The highest BCUT2D eigenvalue weighted by Crippen LogP contribution is 2.38. The van der Waals surface area contributed by atoms with Crippen LogP contribution < -0.4 is 0 Å². The van der Waals surface area contributed by atoms with Crippen molar-refractivity contribution in [1.29, 1.82) is 0 Å². The molecule has 1 aliphatic rings. The second kappa shape index (κ2) is 3.82. The number of hydrogen-bond acceptors (Lipinski definition) is 2. The Morgan fingerprint density at radius 3 is 2.43 bits per heavy atom. The van der Waals surface area contributed by atoms with E-state index in [9.17, 15) is 0 Å². The van der Waals surface area contributed by atoms with Crippen LogP contribution in [-0.4, -0.2) is 18.5 Å². The molecule has 0 aromatic carbocycles. The molecule has 14 heavy (non-hydrogen) atoms. The zero-order chi connectivity index (χ0) is 11.0. The predicted octanol–water partition coefficient (Wildman–Crippen LogP) is 3.21. The normalized spacial score (nSPS) is 33.0. The summed E-state index contributed by atoms with van der Waals surface area (Å²) in [4.78, 5) is 0. The second-order valence-corrected chi connectivity index (χ2v) is 5.57. The minimum atomic E-state index is -0.413. The molecule has 0 aromatic rings. The zero-order valence-corrected chi connectivity index (χ0v) is 10.4. The molecule has 0 aromatic heterocycles. The van der Waals surface area contributed by atoms with E-state index in [1.165, 1.54) is 0 Å². The van der Waals surface area contributed by atoms with Gasteiger partial charge in [-0.1, -0.05) is 27.7 Å². The first kappa shape index (κ1) is 12.0. The molecule has 2 nitrogen and oxygen atoms in total. The van der Waals surface area contributed by atoms with Crippen molar-refractivity contribution in [3.05, 3.63) is 0 Å². The van der Waals surface area contributed by atoms with Crippen molar-refractivity contribution in [3.8, 4) is 0 Å². The van der Waals surface area contributed by atoms with Gasteiger partial charge in [0.15, 0.2) is 5.79 Å². The molecule has 0 radical (unpaired) electrons. The van der Waals surface area contributed by atoms with Crippen LogP contribution in [0.5, 0.6) is 0 Å². The first-order chi connectivity index (χ1) is 6.28. The van der Waals surface area contributed by atoms with Crippen LogP contribution in [0, 0.1) is 11.3 Å². The van der Waals surface area contributed by atoms with Gasteiger partial charge in [-0.3, -0.25) is 0 Å². The first-order valence-electron chi connectivity index (χ1n) is 5.60. The predicted molar refractivity (Wildman–Crippen MR) is 58.1 cm³/mol. The number of hydrogen-bond donors (Lipinski definition) is 0. The van der Waals surface area contributed by atoms with Crippen molar-refractivity contribution in [2.45, 2.75) is 59.9 Å². The number of ether oxygens (including phenoxy) is 2. The Kier molecular flexibility index (Phi) is 3.27. The zero-order valence-electron chi connectivity index (χ0n) is 10.4. The Morgan fingerprint density at radius 2 is 1.93 bits per heavy atom. The molecule has 1 rings (SSSR count). The molecule has 0 N–H and O–H groups in total. The van der Waals surface area contributed by atoms with Gasteiger partial charge in [-0.25, -0.2) is 0 Å². The molecule has 0 spiro atoms. The molecule has 0 amide bonds. The topological polar surface area (TPSA) is 18.5 Å². The average molecular weight is 200 g/mol. The summed E-state index contributed by atoms with van der Waals surface area (Å²) in [5, 5.41) is 0. The van der Waals surface area contributed by atoms with E-state index in [-0.39, 0.29) is 5.41 Å². The molecule has 1 saturated heterocycles. The monoisotopic (exact) mass is 200 g/mol. The molecule has 84 valence electrons. The molecule has 2 atom stereocenters. The summed E-state index contributed by atoms with van der Waals surface area (Å²) in [5.41, 5.74) is 0.237. The van der Waals surface area contributed by atoms with E-state index in [2.05, 4.69) is 27.7 Å². The maximum Gasteiger partial charge on any atom is 0.163 e. The van der Waals surface area contributed by atoms with Crippen molar-refractivity contribution in [2.75, 3.05) is 6.61 Å². The van der Waals surface area contributed by atoms with Crippen molar-refractivity contribution >= 4 is 0 Å².